The zero-order valence-electron chi connectivity index (χ0n) is 11.4. The predicted octanol–water partition coefficient (Wildman–Crippen LogP) is 3.55. The number of hydrogen-bond donors (Lipinski definition) is 1. The summed E-state index contributed by atoms with van der Waals surface area (Å²) in [6.07, 6.45) is 3.32. The lowest BCUT2D eigenvalue weighted by atomic mass is 10.2. The Morgan fingerprint density at radius 3 is 2.81 bits per heavy atom. The van der Waals surface area contributed by atoms with Gasteiger partial charge in [0.05, 0.1) is 11.1 Å². The number of nitro groups is 1. The molecule has 0 fully saturated rings. The first kappa shape index (κ1) is 15.2. The number of ether oxygens (including phenoxy) is 1. The lowest BCUT2D eigenvalue weighted by Gasteiger charge is -2.08. The Morgan fingerprint density at radius 2 is 2.14 bits per heavy atom. The van der Waals surface area contributed by atoms with E-state index < -0.39 is 4.92 Å². The second-order valence-electron chi connectivity index (χ2n) is 4.28. The number of benzene rings is 1. The number of halogens is 1. The van der Waals surface area contributed by atoms with E-state index in [1.807, 2.05) is 13.0 Å². The van der Waals surface area contributed by atoms with E-state index in [-0.39, 0.29) is 10.7 Å². The number of hydrogen-bond acceptors (Lipinski definition) is 5. The summed E-state index contributed by atoms with van der Waals surface area (Å²) in [4.78, 5) is 14.3. The van der Waals surface area contributed by atoms with Gasteiger partial charge in [-0.15, -0.1) is 0 Å². The highest BCUT2D eigenvalue weighted by molar-refractivity contribution is 6.32. The maximum absolute atomic E-state index is 10.7. The molecule has 0 unspecified atom stereocenters. The van der Waals surface area contributed by atoms with Gasteiger partial charge in [0.15, 0.2) is 0 Å². The molecule has 1 aromatic carbocycles. The first-order valence-electron chi connectivity index (χ1n) is 6.36. The number of nitrogens with one attached hydrogen (secondary N) is 1. The maximum Gasteiger partial charge on any atom is 0.288 e. The number of rotatable bonds is 6. The Bertz CT molecular complexity index is 649. The van der Waals surface area contributed by atoms with E-state index in [1.54, 1.807) is 12.4 Å². The quantitative estimate of drug-likeness (QED) is 0.652. The molecule has 1 N–H and O–H groups in total. The topological polar surface area (TPSA) is 77.3 Å². The van der Waals surface area contributed by atoms with Gasteiger partial charge in [-0.3, -0.25) is 15.1 Å². The summed E-state index contributed by atoms with van der Waals surface area (Å²) < 4.78 is 5.62. The van der Waals surface area contributed by atoms with Crippen LogP contribution in [0.2, 0.25) is 5.02 Å². The van der Waals surface area contributed by atoms with Crippen molar-refractivity contribution in [3.05, 3.63) is 57.4 Å². The molecule has 21 heavy (non-hydrogen) atoms. The molecule has 7 heteroatoms. The van der Waals surface area contributed by atoms with Crippen LogP contribution < -0.4 is 10.1 Å². The number of pyridine rings is 1. The van der Waals surface area contributed by atoms with Crippen LogP contribution in [0.1, 0.15) is 12.5 Å². The summed E-state index contributed by atoms with van der Waals surface area (Å²) in [5.41, 5.74) is 0.838. The molecule has 0 saturated carbocycles. The molecule has 0 saturated heterocycles. The molecule has 2 rings (SSSR count). The molecule has 0 aliphatic carbocycles. The predicted molar refractivity (Wildman–Crippen MR) is 79.8 cm³/mol. The molecular formula is C14H14ClN3O3. The largest absolute Gasteiger partial charge is 0.456 e. The first-order chi connectivity index (χ1) is 10.1. The SMILES string of the molecule is CCNCc1cncc(Oc2ccc([N+](=O)[O-])c(Cl)c2)c1. The Morgan fingerprint density at radius 1 is 1.33 bits per heavy atom. The average Bonchev–Trinajstić information content (AvgIpc) is 2.45. The van der Waals surface area contributed by atoms with Crippen LogP contribution in [0.15, 0.2) is 36.7 Å². The van der Waals surface area contributed by atoms with E-state index in [0.717, 1.165) is 12.1 Å². The zero-order valence-corrected chi connectivity index (χ0v) is 12.1. The van der Waals surface area contributed by atoms with E-state index in [1.165, 1.54) is 18.2 Å². The van der Waals surface area contributed by atoms with Crippen molar-refractivity contribution >= 4 is 17.3 Å². The monoisotopic (exact) mass is 307 g/mol. The summed E-state index contributed by atoms with van der Waals surface area (Å²) in [5, 5.41) is 13.9. The van der Waals surface area contributed by atoms with E-state index in [2.05, 4.69) is 10.3 Å². The van der Waals surface area contributed by atoms with E-state index >= 15 is 0 Å². The minimum absolute atomic E-state index is 0.0364. The first-order valence-corrected chi connectivity index (χ1v) is 6.74. The Hall–Kier alpha value is -2.18. The van der Waals surface area contributed by atoms with Crippen LogP contribution in [0.4, 0.5) is 5.69 Å². The summed E-state index contributed by atoms with van der Waals surface area (Å²) in [5.74, 6) is 0.975. The zero-order chi connectivity index (χ0) is 15.2. The lowest BCUT2D eigenvalue weighted by Crippen LogP contribution is -2.11. The maximum atomic E-state index is 10.7. The fraction of sp³-hybridized carbons (Fsp3) is 0.214. The van der Waals surface area contributed by atoms with Crippen LogP contribution in [-0.4, -0.2) is 16.5 Å². The van der Waals surface area contributed by atoms with Gasteiger partial charge in [0.2, 0.25) is 0 Å². The molecule has 1 aromatic heterocycles. The molecular weight excluding hydrogens is 294 g/mol. The molecule has 0 spiro atoms. The van der Waals surface area contributed by atoms with Crippen molar-refractivity contribution < 1.29 is 9.66 Å². The van der Waals surface area contributed by atoms with Crippen LogP contribution in [0, 0.1) is 10.1 Å². The van der Waals surface area contributed by atoms with Crippen molar-refractivity contribution in [2.45, 2.75) is 13.5 Å². The third kappa shape index (κ3) is 4.14. The molecule has 0 atom stereocenters. The number of nitro benzene ring substituents is 1. The van der Waals surface area contributed by atoms with Crippen molar-refractivity contribution in [3.8, 4) is 11.5 Å². The van der Waals surface area contributed by atoms with Gasteiger partial charge in [-0.1, -0.05) is 18.5 Å². The van der Waals surface area contributed by atoms with Gasteiger partial charge in [-0.25, -0.2) is 0 Å². The molecule has 2 aromatic rings. The van der Waals surface area contributed by atoms with E-state index in [4.69, 9.17) is 16.3 Å². The van der Waals surface area contributed by atoms with Crippen LogP contribution in [0.3, 0.4) is 0 Å². The minimum atomic E-state index is -0.537. The minimum Gasteiger partial charge on any atom is -0.456 e. The van der Waals surface area contributed by atoms with Crippen LogP contribution in [0.25, 0.3) is 0 Å². The molecule has 0 radical (unpaired) electrons. The van der Waals surface area contributed by atoms with Crippen molar-refractivity contribution in [1.82, 2.24) is 10.3 Å². The molecule has 6 nitrogen and oxygen atoms in total. The second kappa shape index (κ2) is 7.01. The van der Waals surface area contributed by atoms with Crippen molar-refractivity contribution in [2.75, 3.05) is 6.54 Å². The fourth-order valence-corrected chi connectivity index (χ4v) is 1.96. The molecule has 0 bridgehead atoms. The van der Waals surface area contributed by atoms with E-state index in [9.17, 15) is 10.1 Å². The van der Waals surface area contributed by atoms with Crippen molar-refractivity contribution in [3.63, 3.8) is 0 Å². The third-order valence-corrected chi connectivity index (χ3v) is 3.00. The number of nitrogens with zero attached hydrogens (tertiary/aromatic N) is 2. The van der Waals surface area contributed by atoms with Gasteiger partial charge < -0.3 is 10.1 Å². The van der Waals surface area contributed by atoms with Crippen LogP contribution >= 0.6 is 11.6 Å². The van der Waals surface area contributed by atoms with Gasteiger partial charge >= 0.3 is 0 Å². The number of aromatic nitrogens is 1. The highest BCUT2D eigenvalue weighted by Crippen LogP contribution is 2.30. The summed E-state index contributed by atoms with van der Waals surface area (Å²) >= 11 is 5.84. The molecule has 110 valence electrons. The van der Waals surface area contributed by atoms with Gasteiger partial charge in [0.25, 0.3) is 5.69 Å². The Labute approximate surface area is 126 Å². The summed E-state index contributed by atoms with van der Waals surface area (Å²) in [6.45, 7) is 3.58. The molecule has 0 aliphatic heterocycles. The third-order valence-electron chi connectivity index (χ3n) is 2.70. The van der Waals surface area contributed by atoms with Crippen LogP contribution in [-0.2, 0) is 6.54 Å². The molecule has 0 aliphatic rings. The van der Waals surface area contributed by atoms with Gasteiger partial charge in [-0.05, 0) is 24.2 Å². The standard InChI is InChI=1S/C14H14ClN3O3/c1-2-16-7-10-5-12(9-17-8-10)21-11-3-4-14(18(19)20)13(15)6-11/h3-6,8-9,16H,2,7H2,1H3. The summed E-state index contributed by atoms with van der Waals surface area (Å²) in [7, 11) is 0. The highest BCUT2D eigenvalue weighted by atomic mass is 35.5. The summed E-state index contributed by atoms with van der Waals surface area (Å²) in [6, 6.07) is 6.08. The van der Waals surface area contributed by atoms with E-state index in [0.29, 0.717) is 18.0 Å². The fourth-order valence-electron chi connectivity index (χ4n) is 1.72. The van der Waals surface area contributed by atoms with Crippen LogP contribution in [0.5, 0.6) is 11.5 Å². The van der Waals surface area contributed by atoms with Gasteiger partial charge in [-0.2, -0.15) is 0 Å². The van der Waals surface area contributed by atoms with Crippen molar-refractivity contribution in [1.29, 1.82) is 0 Å². The van der Waals surface area contributed by atoms with Crippen molar-refractivity contribution in [2.24, 2.45) is 0 Å². The normalized spacial score (nSPS) is 10.4. The average molecular weight is 308 g/mol. The van der Waals surface area contributed by atoms with Gasteiger partial charge in [0, 0.05) is 24.9 Å². The molecule has 1 heterocycles. The second-order valence-corrected chi connectivity index (χ2v) is 4.69. The Kier molecular flexibility index (Phi) is 5.08. The smallest absolute Gasteiger partial charge is 0.288 e. The van der Waals surface area contributed by atoms with Gasteiger partial charge in [0.1, 0.15) is 16.5 Å². The highest BCUT2D eigenvalue weighted by Gasteiger charge is 2.13. The lowest BCUT2D eigenvalue weighted by molar-refractivity contribution is -0.384. The molecule has 0 amide bonds. The Balaban J connectivity index is 2.14.